The Hall–Kier alpha value is -3.62. The first-order valence-electron chi connectivity index (χ1n) is 8.53. The first kappa shape index (κ1) is 20.7. The van der Waals surface area contributed by atoms with Gasteiger partial charge in [0, 0.05) is 11.7 Å². The Bertz CT molecular complexity index is 843. The van der Waals surface area contributed by atoms with Gasteiger partial charge in [0.2, 0.25) is 0 Å². The third-order valence-electron chi connectivity index (χ3n) is 3.43. The fraction of sp³-hybridized carbons (Fsp3) is 0.263. The minimum atomic E-state index is -1.16. The third kappa shape index (κ3) is 5.97. The molecule has 1 atom stereocenters. The van der Waals surface area contributed by atoms with Gasteiger partial charge in [-0.05, 0) is 57.2 Å². The summed E-state index contributed by atoms with van der Waals surface area (Å²) in [5.41, 5.74) is 0.636. The molecule has 0 spiro atoms. The molecule has 1 aromatic heterocycles. The average Bonchev–Trinajstić information content (AvgIpc) is 3.16. The smallest absolute Gasteiger partial charge is 0.338 e. The zero-order chi connectivity index (χ0) is 20.7. The molecule has 0 saturated heterocycles. The van der Waals surface area contributed by atoms with Crippen LogP contribution in [0.2, 0.25) is 0 Å². The van der Waals surface area contributed by atoms with Crippen LogP contribution in [0.3, 0.4) is 0 Å². The van der Waals surface area contributed by atoms with Crippen LogP contribution in [0.4, 0.5) is 10.5 Å². The standard InChI is InChI=1S/C19H21N3O6/c1-11(2)20-19(26)22-16(23)12(3)28-18(25)13-6-8-14(9-7-13)21-17(24)15-5-4-10-27-15/h4-12H,1-3H3,(H,21,24)(H2,20,22,23,26). The van der Waals surface area contributed by atoms with Gasteiger partial charge in [0.05, 0.1) is 11.8 Å². The van der Waals surface area contributed by atoms with Crippen LogP contribution in [0.5, 0.6) is 0 Å². The summed E-state index contributed by atoms with van der Waals surface area (Å²) in [5.74, 6) is -1.75. The van der Waals surface area contributed by atoms with E-state index in [9.17, 15) is 19.2 Å². The molecule has 9 nitrogen and oxygen atoms in total. The van der Waals surface area contributed by atoms with Crippen molar-refractivity contribution in [3.05, 3.63) is 54.0 Å². The number of carbonyl (C=O) groups excluding carboxylic acids is 4. The lowest BCUT2D eigenvalue weighted by atomic mass is 10.2. The Labute approximate surface area is 161 Å². The highest BCUT2D eigenvalue weighted by molar-refractivity contribution is 6.02. The van der Waals surface area contributed by atoms with E-state index >= 15 is 0 Å². The minimum Gasteiger partial charge on any atom is -0.459 e. The van der Waals surface area contributed by atoms with Crippen molar-refractivity contribution in [3.8, 4) is 0 Å². The van der Waals surface area contributed by atoms with E-state index in [-0.39, 0.29) is 17.4 Å². The van der Waals surface area contributed by atoms with E-state index in [4.69, 9.17) is 9.15 Å². The maximum absolute atomic E-state index is 12.1. The summed E-state index contributed by atoms with van der Waals surface area (Å²) in [6.07, 6.45) is 0.224. The normalized spacial score (nSPS) is 11.4. The number of ether oxygens (including phenoxy) is 1. The molecule has 148 valence electrons. The number of amides is 4. The number of hydrogen-bond donors (Lipinski definition) is 3. The highest BCUT2D eigenvalue weighted by atomic mass is 16.5. The van der Waals surface area contributed by atoms with Gasteiger partial charge in [0.25, 0.3) is 11.8 Å². The number of anilines is 1. The summed E-state index contributed by atoms with van der Waals surface area (Å²) < 4.78 is 10.0. The molecule has 28 heavy (non-hydrogen) atoms. The van der Waals surface area contributed by atoms with Crippen LogP contribution < -0.4 is 16.0 Å². The first-order valence-corrected chi connectivity index (χ1v) is 8.53. The molecular formula is C19H21N3O6. The van der Waals surface area contributed by atoms with Crippen molar-refractivity contribution in [1.29, 1.82) is 0 Å². The van der Waals surface area contributed by atoms with Crippen LogP contribution in [0.1, 0.15) is 41.7 Å². The molecule has 0 fully saturated rings. The Morgan fingerprint density at radius 3 is 2.25 bits per heavy atom. The summed E-state index contributed by atoms with van der Waals surface area (Å²) in [5, 5.41) is 7.20. The molecule has 0 bridgehead atoms. The predicted molar refractivity (Wildman–Crippen MR) is 99.8 cm³/mol. The first-order chi connectivity index (χ1) is 13.3. The number of rotatable bonds is 6. The third-order valence-corrected chi connectivity index (χ3v) is 3.43. The molecule has 0 saturated carbocycles. The van der Waals surface area contributed by atoms with E-state index in [1.54, 1.807) is 19.9 Å². The number of furan rings is 1. The van der Waals surface area contributed by atoms with Crippen LogP contribution in [0.25, 0.3) is 0 Å². The Morgan fingerprint density at radius 1 is 1.00 bits per heavy atom. The summed E-state index contributed by atoms with van der Waals surface area (Å²) in [7, 11) is 0. The van der Waals surface area contributed by atoms with Crippen LogP contribution >= 0.6 is 0 Å². The molecule has 0 aliphatic heterocycles. The van der Waals surface area contributed by atoms with E-state index in [0.717, 1.165) is 0 Å². The van der Waals surface area contributed by atoms with Gasteiger partial charge in [-0.3, -0.25) is 14.9 Å². The fourth-order valence-corrected chi connectivity index (χ4v) is 2.08. The van der Waals surface area contributed by atoms with Gasteiger partial charge in [0.15, 0.2) is 11.9 Å². The van der Waals surface area contributed by atoms with Crippen molar-refractivity contribution < 1.29 is 28.3 Å². The number of urea groups is 1. The van der Waals surface area contributed by atoms with Crippen LogP contribution in [0, 0.1) is 0 Å². The van der Waals surface area contributed by atoms with Crippen molar-refractivity contribution in [2.45, 2.75) is 32.9 Å². The molecule has 3 N–H and O–H groups in total. The lowest BCUT2D eigenvalue weighted by Gasteiger charge is -2.14. The monoisotopic (exact) mass is 387 g/mol. The summed E-state index contributed by atoms with van der Waals surface area (Å²) in [6.45, 7) is 4.84. The van der Waals surface area contributed by atoms with Gasteiger partial charge in [-0.25, -0.2) is 9.59 Å². The van der Waals surface area contributed by atoms with Crippen molar-refractivity contribution in [2.75, 3.05) is 5.32 Å². The van der Waals surface area contributed by atoms with Crippen LogP contribution in [-0.4, -0.2) is 36.0 Å². The summed E-state index contributed by atoms with van der Waals surface area (Å²) in [6, 6.07) is 8.22. The SMILES string of the molecule is CC(C)NC(=O)NC(=O)C(C)OC(=O)c1ccc(NC(=O)c2ccco2)cc1. The maximum atomic E-state index is 12.1. The van der Waals surface area contributed by atoms with Gasteiger partial charge < -0.3 is 19.8 Å². The molecular weight excluding hydrogens is 366 g/mol. The van der Waals surface area contributed by atoms with Gasteiger partial charge in [-0.15, -0.1) is 0 Å². The number of imide groups is 1. The molecule has 1 heterocycles. The van der Waals surface area contributed by atoms with Crippen LogP contribution in [-0.2, 0) is 9.53 Å². The highest BCUT2D eigenvalue weighted by Gasteiger charge is 2.21. The second-order valence-corrected chi connectivity index (χ2v) is 6.17. The maximum Gasteiger partial charge on any atom is 0.338 e. The molecule has 2 aromatic rings. The van der Waals surface area contributed by atoms with Crippen LogP contribution in [0.15, 0.2) is 47.1 Å². The molecule has 1 unspecified atom stereocenters. The molecule has 0 aliphatic carbocycles. The Morgan fingerprint density at radius 2 is 1.68 bits per heavy atom. The quantitative estimate of drug-likeness (QED) is 0.653. The van der Waals surface area contributed by atoms with Gasteiger partial charge in [-0.2, -0.15) is 0 Å². The van der Waals surface area contributed by atoms with Crippen molar-refractivity contribution in [3.63, 3.8) is 0 Å². The lowest BCUT2D eigenvalue weighted by Crippen LogP contribution is -2.46. The van der Waals surface area contributed by atoms with E-state index in [0.29, 0.717) is 5.69 Å². The van der Waals surface area contributed by atoms with E-state index in [2.05, 4.69) is 16.0 Å². The summed E-state index contributed by atoms with van der Waals surface area (Å²) in [4.78, 5) is 47.4. The summed E-state index contributed by atoms with van der Waals surface area (Å²) >= 11 is 0. The average molecular weight is 387 g/mol. The number of nitrogens with one attached hydrogen (secondary N) is 3. The zero-order valence-corrected chi connectivity index (χ0v) is 15.6. The minimum absolute atomic E-state index is 0.141. The van der Waals surface area contributed by atoms with Gasteiger partial charge >= 0.3 is 12.0 Å². The fourth-order valence-electron chi connectivity index (χ4n) is 2.08. The number of benzene rings is 1. The van der Waals surface area contributed by atoms with Gasteiger partial charge in [0.1, 0.15) is 0 Å². The van der Waals surface area contributed by atoms with Crippen molar-refractivity contribution in [2.24, 2.45) is 0 Å². The molecule has 0 radical (unpaired) electrons. The number of esters is 1. The highest BCUT2D eigenvalue weighted by Crippen LogP contribution is 2.13. The zero-order valence-electron chi connectivity index (χ0n) is 15.6. The molecule has 4 amide bonds. The Balaban J connectivity index is 1.89. The van der Waals surface area contributed by atoms with E-state index in [1.165, 1.54) is 43.5 Å². The topological polar surface area (TPSA) is 127 Å². The second kappa shape index (κ2) is 9.36. The van der Waals surface area contributed by atoms with E-state index < -0.39 is 29.9 Å². The molecule has 0 aliphatic rings. The molecule has 9 heteroatoms. The van der Waals surface area contributed by atoms with Gasteiger partial charge in [-0.1, -0.05) is 0 Å². The van der Waals surface area contributed by atoms with Crippen molar-refractivity contribution in [1.82, 2.24) is 10.6 Å². The largest absolute Gasteiger partial charge is 0.459 e. The van der Waals surface area contributed by atoms with Crippen molar-refractivity contribution >= 4 is 29.5 Å². The lowest BCUT2D eigenvalue weighted by molar-refractivity contribution is -0.127. The van der Waals surface area contributed by atoms with E-state index in [1.807, 2.05) is 0 Å². The second-order valence-electron chi connectivity index (χ2n) is 6.17. The number of carbonyl (C=O) groups is 4. The molecule has 2 rings (SSSR count). The Kier molecular flexibility index (Phi) is 6.91. The number of hydrogen-bond acceptors (Lipinski definition) is 6. The molecule has 1 aromatic carbocycles. The predicted octanol–water partition coefficient (Wildman–Crippen LogP) is 2.31.